The number of hydrogen-bond donors (Lipinski definition) is 2. The van der Waals surface area contributed by atoms with Gasteiger partial charge in [-0.25, -0.2) is 4.79 Å². The van der Waals surface area contributed by atoms with Crippen LogP contribution in [0.4, 0.5) is 10.5 Å². The van der Waals surface area contributed by atoms with Gasteiger partial charge in [-0.3, -0.25) is 9.69 Å². The monoisotopic (exact) mass is 343 g/mol. The van der Waals surface area contributed by atoms with Crippen molar-refractivity contribution in [2.75, 3.05) is 24.5 Å². The van der Waals surface area contributed by atoms with Gasteiger partial charge in [0, 0.05) is 25.4 Å². The highest BCUT2D eigenvalue weighted by atomic mass is 16.6. The number of allylic oxidation sites excluding steroid dienone is 1. The van der Waals surface area contributed by atoms with E-state index >= 15 is 0 Å². The molecule has 2 amide bonds. The van der Waals surface area contributed by atoms with Crippen molar-refractivity contribution in [3.8, 4) is 0 Å². The van der Waals surface area contributed by atoms with E-state index in [1.807, 2.05) is 12.1 Å². The summed E-state index contributed by atoms with van der Waals surface area (Å²) in [5, 5.41) is 6.01. The van der Waals surface area contributed by atoms with Gasteiger partial charge in [0.05, 0.1) is 13.1 Å². The topological polar surface area (TPSA) is 70.7 Å². The maximum atomic E-state index is 12.2. The number of ether oxygens (including phenoxy) is 1. The van der Waals surface area contributed by atoms with Gasteiger partial charge in [-0.15, -0.1) is 0 Å². The molecule has 25 heavy (non-hydrogen) atoms. The second kappa shape index (κ2) is 7.17. The van der Waals surface area contributed by atoms with Crippen LogP contribution < -0.4 is 15.5 Å². The first-order valence-electron chi connectivity index (χ1n) is 8.72. The Morgan fingerprint density at radius 3 is 2.68 bits per heavy atom. The van der Waals surface area contributed by atoms with Crippen molar-refractivity contribution in [3.63, 3.8) is 0 Å². The first-order chi connectivity index (χ1) is 12.0. The van der Waals surface area contributed by atoms with Crippen LogP contribution in [0.1, 0.15) is 36.5 Å². The quantitative estimate of drug-likeness (QED) is 0.881. The molecular formula is C19H25N3O3. The predicted molar refractivity (Wildman–Crippen MR) is 97.4 cm³/mol. The average Bonchev–Trinajstić information content (AvgIpc) is 2.94. The Labute approximate surface area is 148 Å². The Morgan fingerprint density at radius 2 is 2.08 bits per heavy atom. The third-order valence-electron chi connectivity index (χ3n) is 4.65. The lowest BCUT2D eigenvalue weighted by Crippen LogP contribution is -2.33. The van der Waals surface area contributed by atoms with Crippen LogP contribution in [0.3, 0.4) is 0 Å². The lowest BCUT2D eigenvalue weighted by atomic mass is 9.91. The SMILES string of the molecule is CC(=O)NC[C@H]1CN(c2cc(C)c(C3=CNCCC3)c(C)c2)C(=O)O1. The molecule has 2 heterocycles. The first-order valence-corrected chi connectivity index (χ1v) is 8.72. The average molecular weight is 343 g/mol. The van der Waals surface area contributed by atoms with E-state index in [9.17, 15) is 9.59 Å². The Balaban J connectivity index is 1.80. The maximum Gasteiger partial charge on any atom is 0.414 e. The van der Waals surface area contributed by atoms with Gasteiger partial charge in [-0.2, -0.15) is 0 Å². The highest BCUT2D eigenvalue weighted by Gasteiger charge is 2.32. The maximum absolute atomic E-state index is 12.2. The molecule has 134 valence electrons. The van der Waals surface area contributed by atoms with Crippen molar-refractivity contribution in [1.29, 1.82) is 0 Å². The normalized spacial score (nSPS) is 20.0. The van der Waals surface area contributed by atoms with Crippen LogP contribution in [-0.2, 0) is 9.53 Å². The number of nitrogens with one attached hydrogen (secondary N) is 2. The molecule has 2 aliphatic rings. The number of hydrogen-bond acceptors (Lipinski definition) is 4. The second-order valence-electron chi connectivity index (χ2n) is 6.74. The molecule has 0 spiro atoms. The van der Waals surface area contributed by atoms with Crippen LogP contribution in [0.2, 0.25) is 0 Å². The molecule has 1 saturated heterocycles. The van der Waals surface area contributed by atoms with Crippen molar-refractivity contribution in [2.45, 2.75) is 39.7 Å². The Kier molecular flexibility index (Phi) is 4.97. The van der Waals surface area contributed by atoms with Crippen LogP contribution in [0.25, 0.3) is 5.57 Å². The molecule has 0 aromatic heterocycles. The number of aryl methyl sites for hydroxylation is 2. The van der Waals surface area contributed by atoms with Gasteiger partial charge in [0.15, 0.2) is 0 Å². The zero-order valence-corrected chi connectivity index (χ0v) is 15.0. The summed E-state index contributed by atoms with van der Waals surface area (Å²) in [4.78, 5) is 24.9. The van der Waals surface area contributed by atoms with Crippen LogP contribution in [0.15, 0.2) is 18.3 Å². The largest absolute Gasteiger partial charge is 0.442 e. The molecule has 2 aliphatic heterocycles. The van der Waals surface area contributed by atoms with Crippen molar-refractivity contribution in [2.24, 2.45) is 0 Å². The molecule has 1 atom stereocenters. The number of anilines is 1. The minimum absolute atomic E-state index is 0.125. The Hall–Kier alpha value is -2.50. The number of rotatable bonds is 4. The third-order valence-corrected chi connectivity index (χ3v) is 4.65. The molecule has 1 aromatic carbocycles. The predicted octanol–water partition coefficient (Wildman–Crippen LogP) is 2.49. The summed E-state index contributed by atoms with van der Waals surface area (Å²) < 4.78 is 5.36. The van der Waals surface area contributed by atoms with Crippen LogP contribution in [-0.4, -0.2) is 37.7 Å². The van der Waals surface area contributed by atoms with E-state index in [0.29, 0.717) is 13.1 Å². The smallest absolute Gasteiger partial charge is 0.414 e. The fourth-order valence-corrected chi connectivity index (χ4v) is 3.54. The zero-order valence-electron chi connectivity index (χ0n) is 15.0. The van der Waals surface area contributed by atoms with Crippen LogP contribution in [0.5, 0.6) is 0 Å². The van der Waals surface area contributed by atoms with Gasteiger partial charge >= 0.3 is 6.09 Å². The van der Waals surface area contributed by atoms with E-state index in [0.717, 1.165) is 36.2 Å². The number of carbonyl (C=O) groups excluding carboxylic acids is 2. The fraction of sp³-hybridized carbons (Fsp3) is 0.474. The molecule has 2 N–H and O–H groups in total. The van der Waals surface area contributed by atoms with E-state index in [-0.39, 0.29) is 18.1 Å². The minimum Gasteiger partial charge on any atom is -0.442 e. The number of amides is 2. The molecule has 0 saturated carbocycles. The lowest BCUT2D eigenvalue weighted by Gasteiger charge is -2.21. The summed E-state index contributed by atoms with van der Waals surface area (Å²) in [6.07, 6.45) is 3.63. The number of cyclic esters (lactones) is 1. The van der Waals surface area contributed by atoms with Crippen molar-refractivity contribution in [1.82, 2.24) is 10.6 Å². The van der Waals surface area contributed by atoms with Crippen molar-refractivity contribution < 1.29 is 14.3 Å². The summed E-state index contributed by atoms with van der Waals surface area (Å²) in [7, 11) is 0. The van der Waals surface area contributed by atoms with E-state index in [1.54, 1.807) is 4.90 Å². The fourth-order valence-electron chi connectivity index (χ4n) is 3.54. The Morgan fingerprint density at radius 1 is 1.36 bits per heavy atom. The molecule has 3 rings (SSSR count). The standard InChI is InChI=1S/C19H25N3O3/c1-12-7-16(8-13(2)18(12)15-5-4-6-20-9-15)22-11-17(25-19(22)24)10-21-14(3)23/h7-9,17,20H,4-6,10-11H2,1-3H3,(H,21,23)/t17-/m0/s1. The number of benzene rings is 1. The molecule has 0 bridgehead atoms. The van der Waals surface area contributed by atoms with E-state index in [4.69, 9.17) is 4.74 Å². The minimum atomic E-state index is -0.361. The summed E-state index contributed by atoms with van der Waals surface area (Å²) in [6.45, 7) is 7.42. The summed E-state index contributed by atoms with van der Waals surface area (Å²) in [5.74, 6) is -0.125. The van der Waals surface area contributed by atoms with Crippen LogP contribution in [0, 0.1) is 13.8 Å². The van der Waals surface area contributed by atoms with E-state index in [2.05, 4.69) is 30.7 Å². The molecule has 0 radical (unpaired) electrons. The van der Waals surface area contributed by atoms with E-state index < -0.39 is 0 Å². The second-order valence-corrected chi connectivity index (χ2v) is 6.74. The van der Waals surface area contributed by atoms with Crippen molar-refractivity contribution in [3.05, 3.63) is 35.0 Å². The van der Waals surface area contributed by atoms with Gasteiger partial charge in [-0.1, -0.05) is 0 Å². The molecular weight excluding hydrogens is 318 g/mol. The molecule has 6 nitrogen and oxygen atoms in total. The molecule has 1 aromatic rings. The highest BCUT2D eigenvalue weighted by molar-refractivity contribution is 5.90. The summed E-state index contributed by atoms with van der Waals surface area (Å²) >= 11 is 0. The number of carbonyl (C=O) groups is 2. The van der Waals surface area contributed by atoms with Gasteiger partial charge in [0.25, 0.3) is 0 Å². The summed E-state index contributed by atoms with van der Waals surface area (Å²) in [5.41, 5.74) is 5.74. The van der Waals surface area contributed by atoms with Gasteiger partial charge in [0.2, 0.25) is 5.91 Å². The first kappa shape index (κ1) is 17.3. The van der Waals surface area contributed by atoms with Crippen molar-refractivity contribution >= 4 is 23.3 Å². The lowest BCUT2D eigenvalue weighted by molar-refractivity contribution is -0.119. The highest BCUT2D eigenvalue weighted by Crippen LogP contribution is 2.32. The Bertz CT molecular complexity index is 704. The van der Waals surface area contributed by atoms with Gasteiger partial charge < -0.3 is 15.4 Å². The molecule has 0 aliphatic carbocycles. The zero-order chi connectivity index (χ0) is 18.0. The van der Waals surface area contributed by atoms with Gasteiger partial charge in [-0.05, 0) is 61.1 Å². The molecule has 1 fully saturated rings. The van der Waals surface area contributed by atoms with E-state index in [1.165, 1.54) is 18.1 Å². The summed E-state index contributed by atoms with van der Waals surface area (Å²) in [6, 6.07) is 4.08. The third kappa shape index (κ3) is 3.78. The molecule has 6 heteroatoms. The van der Waals surface area contributed by atoms with Gasteiger partial charge in [0.1, 0.15) is 6.10 Å². The number of nitrogens with zero attached hydrogens (tertiary/aromatic N) is 1. The van der Waals surface area contributed by atoms with Crippen LogP contribution >= 0.6 is 0 Å². The molecule has 0 unspecified atom stereocenters.